The van der Waals surface area contributed by atoms with Crippen LogP contribution < -0.4 is 5.32 Å². The molecule has 166 valence electrons. The summed E-state index contributed by atoms with van der Waals surface area (Å²) >= 11 is 0. The van der Waals surface area contributed by atoms with Gasteiger partial charge in [0, 0.05) is 25.4 Å². The summed E-state index contributed by atoms with van der Waals surface area (Å²) in [7, 11) is 0. The smallest absolute Gasteiger partial charge is 0.242 e. The minimum absolute atomic E-state index is 0.134. The normalized spacial score (nSPS) is 11.8. The van der Waals surface area contributed by atoms with Gasteiger partial charge in [-0.15, -0.1) is 0 Å². The van der Waals surface area contributed by atoms with Gasteiger partial charge in [-0.25, -0.2) is 4.39 Å². The van der Waals surface area contributed by atoms with Crippen LogP contribution in [0.15, 0.2) is 84.9 Å². The average molecular weight is 433 g/mol. The van der Waals surface area contributed by atoms with Gasteiger partial charge in [0.05, 0.1) is 0 Å². The number of hydrogen-bond acceptors (Lipinski definition) is 2. The number of amides is 2. The highest BCUT2D eigenvalue weighted by Crippen LogP contribution is 2.29. The third-order valence-electron chi connectivity index (χ3n) is 5.57. The topological polar surface area (TPSA) is 49.4 Å². The van der Waals surface area contributed by atoms with Crippen molar-refractivity contribution in [1.29, 1.82) is 0 Å². The lowest BCUT2D eigenvalue weighted by atomic mass is 9.88. The molecular formula is C27H29FN2O2. The van der Waals surface area contributed by atoms with Crippen molar-refractivity contribution in [1.82, 2.24) is 10.2 Å². The van der Waals surface area contributed by atoms with Crippen LogP contribution in [0.5, 0.6) is 0 Å². The molecule has 2 amide bonds. The Morgan fingerprint density at radius 1 is 0.875 bits per heavy atom. The molecule has 32 heavy (non-hydrogen) atoms. The van der Waals surface area contributed by atoms with Crippen molar-refractivity contribution in [3.63, 3.8) is 0 Å². The number of nitrogens with zero attached hydrogens (tertiary/aromatic N) is 1. The van der Waals surface area contributed by atoms with E-state index in [2.05, 4.69) is 5.32 Å². The van der Waals surface area contributed by atoms with Crippen molar-refractivity contribution in [3.05, 3.63) is 107 Å². The van der Waals surface area contributed by atoms with Crippen LogP contribution in [0.25, 0.3) is 0 Å². The summed E-state index contributed by atoms with van der Waals surface area (Å²) in [5.41, 5.74) is 2.85. The molecule has 0 saturated heterocycles. The Bertz CT molecular complexity index is 967. The van der Waals surface area contributed by atoms with Crippen LogP contribution in [-0.2, 0) is 16.1 Å². The Morgan fingerprint density at radius 2 is 1.41 bits per heavy atom. The first-order valence-corrected chi connectivity index (χ1v) is 10.9. The molecule has 0 fully saturated rings. The zero-order valence-electron chi connectivity index (χ0n) is 18.5. The molecule has 4 nitrogen and oxygen atoms in total. The van der Waals surface area contributed by atoms with Crippen molar-refractivity contribution in [3.8, 4) is 0 Å². The number of carbonyl (C=O) groups excluding carboxylic acids is 2. The van der Waals surface area contributed by atoms with Gasteiger partial charge in [0.25, 0.3) is 0 Å². The molecule has 1 N–H and O–H groups in total. The van der Waals surface area contributed by atoms with Gasteiger partial charge in [0.2, 0.25) is 11.8 Å². The van der Waals surface area contributed by atoms with E-state index in [1.54, 1.807) is 24.0 Å². The standard InChI is InChI=1S/C27H29FN2O2/c1-3-29-27(32)20(2)30(19-21-14-16-24(28)17-15-21)26(31)18-25(22-10-6-4-7-11-22)23-12-8-5-9-13-23/h4-17,20,25H,3,18-19H2,1-2H3,(H,29,32). The van der Waals surface area contributed by atoms with Crippen molar-refractivity contribution in [2.75, 3.05) is 6.54 Å². The Balaban J connectivity index is 1.90. The zero-order chi connectivity index (χ0) is 22.9. The Morgan fingerprint density at radius 3 is 1.91 bits per heavy atom. The molecule has 0 aromatic heterocycles. The first-order chi connectivity index (χ1) is 15.5. The van der Waals surface area contributed by atoms with Crippen LogP contribution in [0.1, 0.15) is 42.9 Å². The third kappa shape index (κ3) is 6.03. The minimum atomic E-state index is -0.653. The number of nitrogens with one attached hydrogen (secondary N) is 1. The Labute approximate surface area is 189 Å². The van der Waals surface area contributed by atoms with Crippen LogP contribution in [0.3, 0.4) is 0 Å². The average Bonchev–Trinajstić information content (AvgIpc) is 2.83. The first-order valence-electron chi connectivity index (χ1n) is 10.9. The minimum Gasteiger partial charge on any atom is -0.355 e. The lowest BCUT2D eigenvalue weighted by Gasteiger charge is -2.30. The quantitative estimate of drug-likeness (QED) is 0.523. The summed E-state index contributed by atoms with van der Waals surface area (Å²) < 4.78 is 13.4. The van der Waals surface area contributed by atoms with E-state index in [1.165, 1.54) is 12.1 Å². The summed E-state index contributed by atoms with van der Waals surface area (Å²) in [6.45, 7) is 4.29. The summed E-state index contributed by atoms with van der Waals surface area (Å²) in [6, 6.07) is 25.2. The van der Waals surface area contributed by atoms with Gasteiger partial charge in [0.15, 0.2) is 0 Å². The van der Waals surface area contributed by atoms with E-state index in [-0.39, 0.29) is 36.5 Å². The Hall–Kier alpha value is -3.47. The molecule has 0 spiro atoms. The highest BCUT2D eigenvalue weighted by Gasteiger charge is 2.28. The second-order valence-corrected chi connectivity index (χ2v) is 7.80. The van der Waals surface area contributed by atoms with Crippen molar-refractivity contribution >= 4 is 11.8 Å². The summed E-state index contributed by atoms with van der Waals surface area (Å²) in [5.74, 6) is -0.816. The third-order valence-corrected chi connectivity index (χ3v) is 5.57. The fraction of sp³-hybridized carbons (Fsp3) is 0.259. The maximum atomic E-state index is 13.6. The molecule has 3 aromatic carbocycles. The molecule has 0 bridgehead atoms. The van der Waals surface area contributed by atoms with Crippen LogP contribution in [-0.4, -0.2) is 29.3 Å². The molecule has 5 heteroatoms. The van der Waals surface area contributed by atoms with Gasteiger partial charge in [-0.2, -0.15) is 0 Å². The van der Waals surface area contributed by atoms with Gasteiger partial charge < -0.3 is 10.2 Å². The largest absolute Gasteiger partial charge is 0.355 e. The van der Waals surface area contributed by atoms with Gasteiger partial charge >= 0.3 is 0 Å². The second-order valence-electron chi connectivity index (χ2n) is 7.80. The first kappa shape index (κ1) is 23.2. The van der Waals surface area contributed by atoms with Gasteiger partial charge in [-0.05, 0) is 42.7 Å². The predicted octanol–water partition coefficient (Wildman–Crippen LogP) is 4.90. The molecule has 1 atom stereocenters. The number of halogens is 1. The molecule has 0 aliphatic heterocycles. The van der Waals surface area contributed by atoms with Crippen LogP contribution in [0.4, 0.5) is 4.39 Å². The predicted molar refractivity (Wildman–Crippen MR) is 124 cm³/mol. The van der Waals surface area contributed by atoms with Crippen molar-refractivity contribution in [2.24, 2.45) is 0 Å². The summed E-state index contributed by atoms with van der Waals surface area (Å²) in [6.07, 6.45) is 0.221. The second kappa shape index (κ2) is 11.2. The van der Waals surface area contributed by atoms with E-state index < -0.39 is 6.04 Å². The SMILES string of the molecule is CCNC(=O)C(C)N(Cc1ccc(F)cc1)C(=O)CC(c1ccccc1)c1ccccc1. The van der Waals surface area contributed by atoms with E-state index in [0.29, 0.717) is 6.54 Å². The van der Waals surface area contributed by atoms with Gasteiger partial charge in [-0.3, -0.25) is 9.59 Å². The number of benzene rings is 3. The maximum absolute atomic E-state index is 13.6. The van der Waals surface area contributed by atoms with Crippen molar-refractivity contribution < 1.29 is 14.0 Å². The Kier molecular flexibility index (Phi) is 8.14. The van der Waals surface area contributed by atoms with E-state index in [4.69, 9.17) is 0 Å². The van der Waals surface area contributed by atoms with E-state index in [0.717, 1.165) is 16.7 Å². The summed E-state index contributed by atoms with van der Waals surface area (Å²) in [5, 5.41) is 2.80. The molecule has 0 saturated carbocycles. The van der Waals surface area contributed by atoms with E-state index in [9.17, 15) is 14.0 Å². The molecule has 0 aliphatic carbocycles. The molecule has 3 rings (SSSR count). The van der Waals surface area contributed by atoms with Gasteiger partial charge in [0.1, 0.15) is 11.9 Å². The van der Waals surface area contributed by atoms with E-state index in [1.807, 2.05) is 67.6 Å². The van der Waals surface area contributed by atoms with Crippen molar-refractivity contribution in [2.45, 2.75) is 38.8 Å². The molecule has 3 aromatic rings. The number of hydrogen-bond donors (Lipinski definition) is 1. The molecule has 0 heterocycles. The summed E-state index contributed by atoms with van der Waals surface area (Å²) in [4.78, 5) is 27.8. The number of carbonyl (C=O) groups is 2. The zero-order valence-corrected chi connectivity index (χ0v) is 18.5. The van der Waals surface area contributed by atoms with E-state index >= 15 is 0 Å². The maximum Gasteiger partial charge on any atom is 0.242 e. The lowest BCUT2D eigenvalue weighted by molar-refractivity contribution is -0.140. The highest BCUT2D eigenvalue weighted by molar-refractivity contribution is 5.87. The molecule has 1 unspecified atom stereocenters. The molecule has 0 aliphatic rings. The monoisotopic (exact) mass is 432 g/mol. The molecule has 0 radical (unpaired) electrons. The molecular weight excluding hydrogens is 403 g/mol. The fourth-order valence-corrected chi connectivity index (χ4v) is 3.78. The lowest BCUT2D eigenvalue weighted by Crippen LogP contribution is -2.47. The fourth-order valence-electron chi connectivity index (χ4n) is 3.78. The number of rotatable bonds is 9. The van der Waals surface area contributed by atoms with Gasteiger partial charge in [-0.1, -0.05) is 72.8 Å². The van der Waals surface area contributed by atoms with Crippen LogP contribution in [0, 0.1) is 5.82 Å². The van der Waals surface area contributed by atoms with Crippen LogP contribution >= 0.6 is 0 Å². The number of likely N-dealkylation sites (N-methyl/N-ethyl adjacent to an activating group) is 1. The van der Waals surface area contributed by atoms with Crippen LogP contribution in [0.2, 0.25) is 0 Å². The highest BCUT2D eigenvalue weighted by atomic mass is 19.1.